The maximum atomic E-state index is 15.8. The molecule has 0 spiro atoms. The van der Waals surface area contributed by atoms with Crippen molar-refractivity contribution in [3.05, 3.63) is 216 Å². The molecule has 11 aromatic rings. The van der Waals surface area contributed by atoms with Crippen LogP contribution in [0.4, 0.5) is 4.39 Å². The first-order valence-corrected chi connectivity index (χ1v) is 21.0. The second-order valence-electron chi connectivity index (χ2n) is 14.7. The first kappa shape index (κ1) is 36.6. The van der Waals surface area contributed by atoms with Crippen LogP contribution in [-0.2, 0) is 19.4 Å². The SMILES string of the molecule is Fc1cc(-n2c3ccccc3c3ccc(Oc4cccc(-n5[c](=[Pt])n(-c6c(-c7ccccc7)cccc6-c6ccccc6)c6ccccc65)c4)cc32)ncc1-c1ccncc1. The summed E-state index contributed by atoms with van der Waals surface area (Å²) in [5.74, 6) is 1.45. The van der Waals surface area contributed by atoms with E-state index in [9.17, 15) is 0 Å². The van der Waals surface area contributed by atoms with Gasteiger partial charge in [-0.3, -0.25) is 4.98 Å². The Labute approximate surface area is 361 Å². The van der Waals surface area contributed by atoms with Crippen LogP contribution in [0.25, 0.3) is 83.4 Å². The zero-order chi connectivity index (χ0) is 40.9. The van der Waals surface area contributed by atoms with Crippen LogP contribution in [0.1, 0.15) is 0 Å². The third-order valence-electron chi connectivity index (χ3n) is 11.2. The molecule has 11 rings (SSSR count). The zero-order valence-corrected chi connectivity index (χ0v) is 34.7. The summed E-state index contributed by atoms with van der Waals surface area (Å²) in [4.78, 5) is 8.85. The van der Waals surface area contributed by atoms with Gasteiger partial charge in [0.15, 0.2) is 0 Å². The quantitative estimate of drug-likeness (QED) is 0.152. The second-order valence-corrected chi connectivity index (χ2v) is 15.7. The number of para-hydroxylation sites is 4. The van der Waals surface area contributed by atoms with Crippen molar-refractivity contribution in [2.45, 2.75) is 0 Å². The third-order valence-corrected chi connectivity index (χ3v) is 12.2. The van der Waals surface area contributed by atoms with Gasteiger partial charge in [0.1, 0.15) is 5.82 Å². The van der Waals surface area contributed by atoms with Crippen molar-refractivity contribution in [3.8, 4) is 62.1 Å². The fourth-order valence-corrected chi connectivity index (χ4v) is 9.52. The van der Waals surface area contributed by atoms with E-state index in [1.54, 1.807) is 30.7 Å². The number of pyridine rings is 2. The third kappa shape index (κ3) is 6.42. The van der Waals surface area contributed by atoms with Gasteiger partial charge in [-0.25, -0.2) is 4.39 Å². The molecule has 0 aliphatic heterocycles. The molecule has 4 aromatic heterocycles. The molecule has 0 atom stereocenters. The van der Waals surface area contributed by atoms with Crippen molar-refractivity contribution in [3.63, 3.8) is 0 Å². The summed E-state index contributed by atoms with van der Waals surface area (Å²) in [6, 6.07) is 63.7. The summed E-state index contributed by atoms with van der Waals surface area (Å²) in [6.45, 7) is 0. The van der Waals surface area contributed by atoms with E-state index in [4.69, 9.17) is 9.72 Å². The first-order chi connectivity index (χ1) is 30.1. The molecule has 294 valence electrons. The van der Waals surface area contributed by atoms with Crippen molar-refractivity contribution in [2.75, 3.05) is 0 Å². The first-order valence-electron chi connectivity index (χ1n) is 19.9. The Balaban J connectivity index is 1.02. The van der Waals surface area contributed by atoms with Crippen molar-refractivity contribution >= 4 is 32.8 Å². The summed E-state index contributed by atoms with van der Waals surface area (Å²) < 4.78 is 30.2. The molecule has 0 amide bonds. The Hall–Kier alpha value is -7.47. The van der Waals surface area contributed by atoms with Crippen molar-refractivity contribution in [2.24, 2.45) is 0 Å². The van der Waals surface area contributed by atoms with Gasteiger partial charge in [0.05, 0.1) is 0 Å². The number of halogens is 1. The van der Waals surface area contributed by atoms with Gasteiger partial charge in [-0.2, -0.15) is 0 Å². The minimum absolute atomic E-state index is 0.361. The van der Waals surface area contributed by atoms with Crippen molar-refractivity contribution in [1.82, 2.24) is 23.7 Å². The predicted molar refractivity (Wildman–Crippen MR) is 239 cm³/mol. The monoisotopic (exact) mass is 970 g/mol. The number of benzene rings is 7. The predicted octanol–water partition coefficient (Wildman–Crippen LogP) is 13.3. The standard InChI is InChI=1S/C53H34FN5O.Pt/c54-47-33-52(56-34-46(47)38-27-29-55-30-28-38)59-48-22-8-7-19-44(48)45-26-25-41(32-51(45)59)60-40-18-11-17-39(31-40)57-35-58(50-24-10-9-23-49(50)57)53-42(36-13-3-1-4-14-36)20-12-21-43(53)37-15-5-2-6-16-37;/h1-34H;. The molecule has 6 nitrogen and oxygen atoms in total. The summed E-state index contributed by atoms with van der Waals surface area (Å²) in [5, 5.41) is 2.05. The molecule has 0 unspecified atom stereocenters. The van der Waals surface area contributed by atoms with Gasteiger partial charge in [-0.1, -0.05) is 12.1 Å². The number of nitrogens with zero attached hydrogens (tertiary/aromatic N) is 5. The van der Waals surface area contributed by atoms with E-state index in [0.717, 1.165) is 75.8 Å². The van der Waals surface area contributed by atoms with Crippen LogP contribution in [0.5, 0.6) is 11.5 Å². The molecule has 0 aliphatic carbocycles. The van der Waals surface area contributed by atoms with E-state index in [-0.39, 0.29) is 5.82 Å². The minimum Gasteiger partial charge on any atom is -0.265 e. The van der Waals surface area contributed by atoms with E-state index in [1.807, 2.05) is 47.0 Å². The van der Waals surface area contributed by atoms with Gasteiger partial charge in [0, 0.05) is 24.2 Å². The van der Waals surface area contributed by atoms with Crippen LogP contribution in [0.3, 0.4) is 0 Å². The molecule has 8 heteroatoms. The van der Waals surface area contributed by atoms with Crippen LogP contribution < -0.4 is 4.74 Å². The van der Waals surface area contributed by atoms with E-state index < -0.39 is 0 Å². The van der Waals surface area contributed by atoms with Crippen LogP contribution in [0.2, 0.25) is 0 Å². The number of ether oxygens (including phenoxy) is 1. The second kappa shape index (κ2) is 15.3. The Morgan fingerprint density at radius 2 is 1.05 bits per heavy atom. The van der Waals surface area contributed by atoms with Crippen molar-refractivity contribution < 1.29 is 28.5 Å². The molecule has 0 saturated carbocycles. The number of hydrogen-bond acceptors (Lipinski definition) is 3. The average Bonchev–Trinajstić information content (AvgIpc) is 3.80. The number of rotatable bonds is 8. The summed E-state index contributed by atoms with van der Waals surface area (Å²) in [6.07, 6.45) is 4.89. The molecule has 0 aliphatic rings. The van der Waals surface area contributed by atoms with Gasteiger partial charge in [-0.05, 0) is 17.7 Å². The smallest absolute Gasteiger partial charge is 0.265 e. The molecule has 0 N–H and O–H groups in total. The van der Waals surface area contributed by atoms with Gasteiger partial charge >= 0.3 is 294 Å². The summed E-state index contributed by atoms with van der Waals surface area (Å²) in [5.41, 5.74) is 11.7. The van der Waals surface area contributed by atoms with Crippen molar-refractivity contribution in [1.29, 1.82) is 0 Å². The van der Waals surface area contributed by atoms with Crippen LogP contribution in [0, 0.1) is 9.62 Å². The summed E-state index contributed by atoms with van der Waals surface area (Å²) >= 11 is 2.47. The number of imidazole rings is 1. The fourth-order valence-electron chi connectivity index (χ4n) is 8.43. The Morgan fingerprint density at radius 3 is 1.75 bits per heavy atom. The summed E-state index contributed by atoms with van der Waals surface area (Å²) in [7, 11) is 0. The zero-order valence-electron chi connectivity index (χ0n) is 32.5. The Bertz CT molecular complexity index is 3430. The number of hydrogen-bond donors (Lipinski definition) is 0. The van der Waals surface area contributed by atoms with Gasteiger partial charge < -0.3 is 0 Å². The van der Waals surface area contributed by atoms with E-state index in [2.05, 4.69) is 161 Å². The number of fused-ring (bicyclic) bond motifs is 4. The maximum absolute atomic E-state index is 15.8. The molecule has 0 saturated heterocycles. The normalized spacial score (nSPS) is 11.5. The molecule has 4 heterocycles. The molecule has 0 radical (unpaired) electrons. The molecular weight excluding hydrogens is 937 g/mol. The van der Waals surface area contributed by atoms with E-state index in [1.165, 1.54) is 6.07 Å². The van der Waals surface area contributed by atoms with Crippen LogP contribution in [-0.4, -0.2) is 23.7 Å². The molecular formula is C53H34FN5OPt. The molecule has 7 aromatic carbocycles. The fraction of sp³-hybridized carbons (Fsp3) is 0. The van der Waals surface area contributed by atoms with Crippen LogP contribution >= 0.6 is 0 Å². The average molecular weight is 971 g/mol. The Kier molecular flexibility index (Phi) is 9.17. The van der Waals surface area contributed by atoms with Gasteiger partial charge in [0.25, 0.3) is 0 Å². The van der Waals surface area contributed by atoms with Crippen LogP contribution in [0.15, 0.2) is 207 Å². The topological polar surface area (TPSA) is 49.8 Å². The van der Waals surface area contributed by atoms with E-state index >= 15 is 4.39 Å². The number of aromatic nitrogens is 5. The van der Waals surface area contributed by atoms with Gasteiger partial charge in [0.2, 0.25) is 0 Å². The molecule has 0 fully saturated rings. The Morgan fingerprint density at radius 1 is 0.459 bits per heavy atom. The van der Waals surface area contributed by atoms with E-state index in [0.29, 0.717) is 22.9 Å². The minimum atomic E-state index is -0.361. The molecule has 61 heavy (non-hydrogen) atoms. The van der Waals surface area contributed by atoms with Gasteiger partial charge in [-0.15, -0.1) is 0 Å². The molecule has 0 bridgehead atoms.